The Morgan fingerprint density at radius 1 is 1.10 bits per heavy atom. The average molecular weight is 594 g/mol. The molecule has 0 radical (unpaired) electrons. The molecule has 1 aliphatic carbocycles. The highest BCUT2D eigenvalue weighted by Crippen LogP contribution is 2.48. The van der Waals surface area contributed by atoms with E-state index in [-0.39, 0.29) is 16.1 Å². The van der Waals surface area contributed by atoms with E-state index in [1.807, 2.05) is 0 Å². The van der Waals surface area contributed by atoms with Crippen molar-refractivity contribution in [2.24, 2.45) is 11.3 Å². The van der Waals surface area contributed by atoms with Crippen LogP contribution in [0.15, 0.2) is 47.8 Å². The number of pyridine rings is 2. The highest BCUT2D eigenvalue weighted by atomic mass is 32.2. The number of fused-ring (bicyclic) bond motifs is 6. The Labute approximate surface area is 247 Å². The molecule has 6 rings (SSSR count). The summed E-state index contributed by atoms with van der Waals surface area (Å²) in [7, 11) is -4.23. The second kappa shape index (κ2) is 10.9. The monoisotopic (exact) mass is 593 g/mol. The minimum Gasteiger partial charge on any atom is -0.490 e. The highest BCUT2D eigenvalue weighted by Gasteiger charge is 2.41. The normalized spacial score (nSPS) is 22.5. The van der Waals surface area contributed by atoms with Crippen molar-refractivity contribution in [1.29, 1.82) is 0 Å². The van der Waals surface area contributed by atoms with E-state index in [0.717, 1.165) is 38.6 Å². The molecular weight excluding hydrogens is 554 g/mol. The van der Waals surface area contributed by atoms with Crippen LogP contribution in [-0.4, -0.2) is 59.3 Å². The van der Waals surface area contributed by atoms with Crippen molar-refractivity contribution in [3.63, 3.8) is 0 Å². The summed E-state index contributed by atoms with van der Waals surface area (Å²) in [6.45, 7) is 8.60. The van der Waals surface area contributed by atoms with Gasteiger partial charge in [0.15, 0.2) is 16.6 Å². The molecule has 42 heavy (non-hydrogen) atoms. The number of rotatable bonds is 5. The fourth-order valence-electron chi connectivity index (χ4n) is 5.95. The number of hydrogen-bond donors (Lipinski definition) is 2. The Hall–Kier alpha value is -3.67. The van der Waals surface area contributed by atoms with Gasteiger partial charge in [0.25, 0.3) is 15.9 Å². The zero-order chi connectivity index (χ0) is 29.5. The lowest BCUT2D eigenvalue weighted by molar-refractivity contribution is 0.0981. The molecule has 5 heterocycles. The van der Waals surface area contributed by atoms with Gasteiger partial charge in [-0.05, 0) is 88.0 Å². The van der Waals surface area contributed by atoms with Crippen molar-refractivity contribution >= 4 is 27.6 Å². The lowest BCUT2D eigenvalue weighted by Crippen LogP contribution is -2.41. The van der Waals surface area contributed by atoms with E-state index in [1.165, 1.54) is 18.9 Å². The van der Waals surface area contributed by atoms with Crippen LogP contribution in [0.4, 0.5) is 11.6 Å². The van der Waals surface area contributed by atoms with E-state index in [9.17, 15) is 13.2 Å². The summed E-state index contributed by atoms with van der Waals surface area (Å²) in [4.78, 5) is 24.9. The predicted octanol–water partition coefficient (Wildman–Crippen LogP) is 4.55. The molecule has 2 N–H and O–H groups in total. The number of sulfonamides is 1. The van der Waals surface area contributed by atoms with Crippen LogP contribution >= 0.6 is 0 Å². The molecule has 224 valence electrons. The van der Waals surface area contributed by atoms with Crippen molar-refractivity contribution in [3.05, 3.63) is 48.3 Å². The Bertz CT molecular complexity index is 1580. The quantitative estimate of drug-likeness (QED) is 0.437. The van der Waals surface area contributed by atoms with Crippen molar-refractivity contribution < 1.29 is 17.9 Å². The highest BCUT2D eigenvalue weighted by molar-refractivity contribution is 7.90. The fourth-order valence-corrected chi connectivity index (χ4v) is 6.89. The number of nitrogens with zero attached hydrogens (tertiary/aromatic N) is 5. The first kappa shape index (κ1) is 28.4. The molecule has 0 spiro atoms. The van der Waals surface area contributed by atoms with Crippen LogP contribution < -0.4 is 19.7 Å². The molecule has 1 unspecified atom stereocenters. The minimum absolute atomic E-state index is 0.179. The molecule has 1 saturated carbocycles. The average Bonchev–Trinajstić information content (AvgIpc) is 3.34. The fraction of sp³-hybridized carbons (Fsp3) is 0.533. The summed E-state index contributed by atoms with van der Waals surface area (Å²) >= 11 is 0. The zero-order valence-corrected chi connectivity index (χ0v) is 25.3. The van der Waals surface area contributed by atoms with Gasteiger partial charge < -0.3 is 15.0 Å². The first-order valence-corrected chi connectivity index (χ1v) is 16.2. The SMILES string of the molecule is CC1(CCOc2cnn(-c3ccc4c(n3)N3CC(CCCCNc5cccc(n5)S(=O)(=O)NC4=O)CC3(C)C)c2)CC1. The lowest BCUT2D eigenvalue weighted by Gasteiger charge is -2.34. The zero-order valence-electron chi connectivity index (χ0n) is 24.5. The molecule has 2 fully saturated rings. The molecule has 1 saturated heterocycles. The van der Waals surface area contributed by atoms with E-state index < -0.39 is 15.9 Å². The van der Waals surface area contributed by atoms with E-state index in [2.05, 4.69) is 45.8 Å². The molecule has 4 bridgehead atoms. The third kappa shape index (κ3) is 6.08. The van der Waals surface area contributed by atoms with Gasteiger partial charge in [-0.15, -0.1) is 0 Å². The van der Waals surface area contributed by atoms with Gasteiger partial charge >= 0.3 is 0 Å². The molecule has 11 nitrogen and oxygen atoms in total. The summed E-state index contributed by atoms with van der Waals surface area (Å²) in [5.41, 5.74) is 0.296. The van der Waals surface area contributed by atoms with Crippen LogP contribution in [0.1, 0.15) is 76.1 Å². The third-order valence-corrected chi connectivity index (χ3v) is 10.00. The number of hydrogen-bond acceptors (Lipinski definition) is 9. The number of nitrogens with one attached hydrogen (secondary N) is 2. The van der Waals surface area contributed by atoms with Gasteiger partial charge in [0.05, 0.1) is 24.6 Å². The maximum atomic E-state index is 13.6. The van der Waals surface area contributed by atoms with Crippen LogP contribution in [0.25, 0.3) is 5.82 Å². The second-order valence-electron chi connectivity index (χ2n) is 12.8. The summed E-state index contributed by atoms with van der Waals surface area (Å²) in [6.07, 6.45) is 10.9. The molecule has 3 aromatic heterocycles. The van der Waals surface area contributed by atoms with Gasteiger partial charge in [-0.1, -0.05) is 19.4 Å². The number of carbonyl (C=O) groups excluding carboxylic acids is 1. The van der Waals surface area contributed by atoms with Gasteiger partial charge in [-0.25, -0.2) is 19.4 Å². The predicted molar refractivity (Wildman–Crippen MR) is 160 cm³/mol. The molecule has 0 aromatic carbocycles. The number of carbonyl (C=O) groups is 1. The Balaban J connectivity index is 1.34. The molecule has 3 aliphatic rings. The second-order valence-corrected chi connectivity index (χ2v) is 14.4. The Kier molecular flexibility index (Phi) is 7.36. The maximum Gasteiger partial charge on any atom is 0.281 e. The van der Waals surface area contributed by atoms with E-state index in [4.69, 9.17) is 9.72 Å². The van der Waals surface area contributed by atoms with E-state index in [0.29, 0.717) is 47.7 Å². The molecule has 12 heteroatoms. The number of ether oxygens (including phenoxy) is 1. The molecule has 1 atom stereocenters. The minimum atomic E-state index is -4.23. The topological polar surface area (TPSA) is 131 Å². The molecule has 1 amide bonds. The summed E-state index contributed by atoms with van der Waals surface area (Å²) in [5, 5.41) is 7.45. The van der Waals surface area contributed by atoms with Gasteiger partial charge in [0, 0.05) is 18.6 Å². The molecular formula is C30H39N7O4S. The van der Waals surface area contributed by atoms with Crippen molar-refractivity contribution in [3.8, 4) is 11.6 Å². The van der Waals surface area contributed by atoms with Gasteiger partial charge in [0.2, 0.25) is 0 Å². The van der Waals surface area contributed by atoms with Crippen molar-refractivity contribution in [2.45, 2.75) is 76.3 Å². The van der Waals surface area contributed by atoms with Gasteiger partial charge in [0.1, 0.15) is 11.6 Å². The number of anilines is 2. The first-order chi connectivity index (χ1) is 20.0. The lowest BCUT2D eigenvalue weighted by atomic mass is 9.93. The van der Waals surface area contributed by atoms with Crippen molar-refractivity contribution in [2.75, 3.05) is 29.9 Å². The van der Waals surface area contributed by atoms with Gasteiger partial charge in [-0.3, -0.25) is 4.79 Å². The number of amides is 1. The smallest absolute Gasteiger partial charge is 0.281 e. The van der Waals surface area contributed by atoms with E-state index >= 15 is 0 Å². The summed E-state index contributed by atoms with van der Waals surface area (Å²) in [6, 6.07) is 8.01. The summed E-state index contributed by atoms with van der Waals surface area (Å²) < 4.78 is 36.3. The Morgan fingerprint density at radius 3 is 2.74 bits per heavy atom. The maximum absolute atomic E-state index is 13.6. The van der Waals surface area contributed by atoms with Crippen molar-refractivity contribution in [1.82, 2.24) is 24.5 Å². The Morgan fingerprint density at radius 2 is 1.93 bits per heavy atom. The van der Waals surface area contributed by atoms with Crippen LogP contribution in [0, 0.1) is 11.3 Å². The van der Waals surface area contributed by atoms with Crippen LogP contribution in [0.2, 0.25) is 0 Å². The largest absolute Gasteiger partial charge is 0.490 e. The van der Waals surface area contributed by atoms with Crippen LogP contribution in [0.3, 0.4) is 0 Å². The third-order valence-electron chi connectivity index (χ3n) is 8.76. The van der Waals surface area contributed by atoms with Gasteiger partial charge in [-0.2, -0.15) is 13.5 Å². The molecule has 3 aromatic rings. The van der Waals surface area contributed by atoms with Crippen LogP contribution in [-0.2, 0) is 10.0 Å². The van der Waals surface area contributed by atoms with Crippen LogP contribution in [0.5, 0.6) is 5.75 Å². The van der Waals surface area contributed by atoms with E-state index in [1.54, 1.807) is 41.3 Å². The number of aromatic nitrogens is 4. The molecule has 2 aliphatic heterocycles. The summed E-state index contributed by atoms with van der Waals surface area (Å²) in [5.74, 6) is 1.72. The first-order valence-electron chi connectivity index (χ1n) is 14.8. The standard InChI is InChI=1S/C30H39N7O4S/c1-29(2)17-21-7-4-5-15-31-24-8-6-9-26(33-24)42(39,40)35-28(38)23-10-11-25(34-27(23)36(29)19-21)37-20-22(18-32-37)41-16-14-30(3)12-13-30/h6,8-11,18,20-21H,4-5,7,12-17,19H2,1-3H3,(H,31,33)(H,35,38).